The molecule has 1 N–H and O–H groups in total. The van der Waals surface area contributed by atoms with Crippen molar-refractivity contribution in [2.45, 2.75) is 38.1 Å². The highest BCUT2D eigenvalue weighted by molar-refractivity contribution is 5.62. The maximum atomic E-state index is 14.0. The molecule has 1 aromatic carbocycles. The predicted molar refractivity (Wildman–Crippen MR) is 136 cm³/mol. The van der Waals surface area contributed by atoms with Crippen molar-refractivity contribution in [1.82, 2.24) is 24.4 Å². The SMILES string of the molecule is COc1cc(-c2cn(CCN(C)C)c(C3CCN(c4ncnc5c4CCCN5)CC3)n2)ccc1F. The summed E-state index contributed by atoms with van der Waals surface area (Å²) in [6, 6.07) is 4.95. The summed E-state index contributed by atoms with van der Waals surface area (Å²) in [5.74, 6) is 3.41. The van der Waals surface area contributed by atoms with Crippen molar-refractivity contribution >= 4 is 11.6 Å². The van der Waals surface area contributed by atoms with Crippen LogP contribution in [0, 0.1) is 5.82 Å². The van der Waals surface area contributed by atoms with Crippen molar-refractivity contribution in [3.05, 3.63) is 47.9 Å². The molecule has 0 atom stereocenters. The summed E-state index contributed by atoms with van der Waals surface area (Å²) in [5, 5.41) is 3.41. The molecule has 3 aromatic rings. The zero-order chi connectivity index (χ0) is 24.4. The first-order valence-electron chi connectivity index (χ1n) is 12.4. The molecule has 0 spiro atoms. The highest BCUT2D eigenvalue weighted by atomic mass is 19.1. The Morgan fingerprint density at radius 2 is 2.03 bits per heavy atom. The largest absolute Gasteiger partial charge is 0.494 e. The molecule has 2 aliphatic heterocycles. The third-order valence-electron chi connectivity index (χ3n) is 7.02. The van der Waals surface area contributed by atoms with E-state index in [4.69, 9.17) is 9.72 Å². The molecular formula is C26H34FN7O. The Hall–Kier alpha value is -3.20. The van der Waals surface area contributed by atoms with Crippen LogP contribution < -0.4 is 15.0 Å². The fourth-order valence-corrected chi connectivity index (χ4v) is 5.08. The Labute approximate surface area is 206 Å². The summed E-state index contributed by atoms with van der Waals surface area (Å²) in [7, 11) is 5.65. The molecule has 8 nitrogen and oxygen atoms in total. The van der Waals surface area contributed by atoms with Crippen LogP contribution in [0.3, 0.4) is 0 Å². The fourth-order valence-electron chi connectivity index (χ4n) is 5.08. The number of likely N-dealkylation sites (N-methyl/N-ethyl adjacent to an activating group) is 1. The summed E-state index contributed by atoms with van der Waals surface area (Å²) in [5.41, 5.74) is 2.97. The number of hydrogen-bond donors (Lipinski definition) is 1. The van der Waals surface area contributed by atoms with Crippen LogP contribution in [0.2, 0.25) is 0 Å². The van der Waals surface area contributed by atoms with Crippen LogP contribution in [0.5, 0.6) is 5.75 Å². The monoisotopic (exact) mass is 479 g/mol. The van der Waals surface area contributed by atoms with Crippen LogP contribution in [-0.2, 0) is 13.0 Å². The zero-order valence-electron chi connectivity index (χ0n) is 20.8. The second-order valence-corrected chi connectivity index (χ2v) is 9.65. The van der Waals surface area contributed by atoms with Crippen LogP contribution in [-0.4, -0.2) is 71.8 Å². The Kier molecular flexibility index (Phi) is 6.86. The van der Waals surface area contributed by atoms with Crippen molar-refractivity contribution in [2.75, 3.05) is 57.6 Å². The summed E-state index contributed by atoms with van der Waals surface area (Å²) in [6.45, 7) is 4.64. The number of aromatic nitrogens is 4. The Balaban J connectivity index is 1.37. The Morgan fingerprint density at radius 1 is 1.20 bits per heavy atom. The molecule has 1 saturated heterocycles. The molecule has 35 heavy (non-hydrogen) atoms. The van der Waals surface area contributed by atoms with E-state index in [1.54, 1.807) is 18.5 Å². The minimum absolute atomic E-state index is 0.239. The van der Waals surface area contributed by atoms with Crippen LogP contribution >= 0.6 is 0 Å². The second kappa shape index (κ2) is 10.2. The van der Waals surface area contributed by atoms with E-state index < -0.39 is 0 Å². The van der Waals surface area contributed by atoms with Gasteiger partial charge in [-0.1, -0.05) is 0 Å². The van der Waals surface area contributed by atoms with Gasteiger partial charge in [-0.05, 0) is 58.0 Å². The molecule has 2 aliphatic rings. The number of halogens is 1. The smallest absolute Gasteiger partial charge is 0.165 e. The average Bonchev–Trinajstić information content (AvgIpc) is 3.32. The molecule has 0 bridgehead atoms. The molecule has 0 saturated carbocycles. The van der Waals surface area contributed by atoms with E-state index in [2.05, 4.69) is 49.9 Å². The lowest BCUT2D eigenvalue weighted by Gasteiger charge is -2.34. The van der Waals surface area contributed by atoms with Crippen molar-refractivity contribution in [3.63, 3.8) is 0 Å². The van der Waals surface area contributed by atoms with Crippen molar-refractivity contribution in [2.24, 2.45) is 0 Å². The lowest BCUT2D eigenvalue weighted by molar-refractivity contribution is 0.372. The molecule has 0 unspecified atom stereocenters. The maximum absolute atomic E-state index is 14.0. The van der Waals surface area contributed by atoms with Crippen molar-refractivity contribution < 1.29 is 9.13 Å². The van der Waals surface area contributed by atoms with E-state index in [1.165, 1.54) is 18.7 Å². The third kappa shape index (κ3) is 4.96. The van der Waals surface area contributed by atoms with Gasteiger partial charge in [0.25, 0.3) is 0 Å². The van der Waals surface area contributed by atoms with Gasteiger partial charge in [0, 0.05) is 56.0 Å². The molecule has 1 fully saturated rings. The zero-order valence-corrected chi connectivity index (χ0v) is 20.8. The molecule has 0 aliphatic carbocycles. The quantitative estimate of drug-likeness (QED) is 0.553. The Bertz CT molecular complexity index is 1170. The molecule has 9 heteroatoms. The highest BCUT2D eigenvalue weighted by Gasteiger charge is 2.28. The standard InChI is InChI=1S/C26H34FN7O/c1-32(2)13-14-34-16-22(19-6-7-21(27)23(15-19)35-3)31-25(34)18-8-11-33(12-9-18)26-20-5-4-10-28-24(20)29-17-30-26/h6-7,15-18H,4-5,8-14H2,1-3H3,(H,28,29,30). The number of piperidine rings is 1. The van der Waals surface area contributed by atoms with Gasteiger partial charge in [-0.25, -0.2) is 19.3 Å². The predicted octanol–water partition coefficient (Wildman–Crippen LogP) is 3.79. The molecule has 186 valence electrons. The van der Waals surface area contributed by atoms with Gasteiger partial charge in [0.2, 0.25) is 0 Å². The van der Waals surface area contributed by atoms with Gasteiger partial charge in [0.05, 0.1) is 12.8 Å². The first-order chi connectivity index (χ1) is 17.0. The number of ether oxygens (including phenoxy) is 1. The van der Waals surface area contributed by atoms with Crippen LogP contribution in [0.4, 0.5) is 16.0 Å². The number of methoxy groups -OCH3 is 1. The van der Waals surface area contributed by atoms with E-state index in [-0.39, 0.29) is 11.6 Å². The topological polar surface area (TPSA) is 71.3 Å². The van der Waals surface area contributed by atoms with Gasteiger partial charge in [0.15, 0.2) is 11.6 Å². The van der Waals surface area contributed by atoms with Crippen molar-refractivity contribution in [3.8, 4) is 17.0 Å². The van der Waals surface area contributed by atoms with Gasteiger partial charge in [-0.3, -0.25) is 0 Å². The molecule has 0 amide bonds. The molecule has 4 heterocycles. The minimum Gasteiger partial charge on any atom is -0.494 e. The number of nitrogens with one attached hydrogen (secondary N) is 1. The van der Waals surface area contributed by atoms with Crippen LogP contribution in [0.25, 0.3) is 11.3 Å². The van der Waals surface area contributed by atoms with E-state index in [0.29, 0.717) is 5.92 Å². The fraction of sp³-hybridized carbons (Fsp3) is 0.500. The molecule has 2 aromatic heterocycles. The molecular weight excluding hydrogens is 445 g/mol. The third-order valence-corrected chi connectivity index (χ3v) is 7.02. The van der Waals surface area contributed by atoms with E-state index in [1.807, 2.05) is 0 Å². The number of nitrogens with zero attached hydrogens (tertiary/aromatic N) is 6. The second-order valence-electron chi connectivity index (χ2n) is 9.65. The first kappa shape index (κ1) is 23.5. The summed E-state index contributed by atoms with van der Waals surface area (Å²) in [4.78, 5) is 18.7. The van der Waals surface area contributed by atoms with Gasteiger partial charge >= 0.3 is 0 Å². The molecule has 5 rings (SSSR count). The summed E-state index contributed by atoms with van der Waals surface area (Å²) < 4.78 is 21.5. The van der Waals surface area contributed by atoms with Crippen molar-refractivity contribution in [1.29, 1.82) is 0 Å². The number of benzene rings is 1. The first-order valence-corrected chi connectivity index (χ1v) is 12.4. The summed E-state index contributed by atoms with van der Waals surface area (Å²) >= 11 is 0. The van der Waals surface area contributed by atoms with Crippen LogP contribution in [0.1, 0.15) is 36.6 Å². The number of rotatable bonds is 7. The van der Waals surface area contributed by atoms with Gasteiger partial charge in [-0.2, -0.15) is 0 Å². The highest BCUT2D eigenvalue weighted by Crippen LogP contribution is 2.35. The van der Waals surface area contributed by atoms with Gasteiger partial charge < -0.3 is 24.4 Å². The van der Waals surface area contributed by atoms with Crippen LogP contribution in [0.15, 0.2) is 30.7 Å². The Morgan fingerprint density at radius 3 is 2.80 bits per heavy atom. The summed E-state index contributed by atoms with van der Waals surface area (Å²) in [6.07, 6.45) is 7.94. The van der Waals surface area contributed by atoms with Gasteiger partial charge in [-0.15, -0.1) is 0 Å². The number of hydrogen-bond acceptors (Lipinski definition) is 7. The van der Waals surface area contributed by atoms with E-state index in [9.17, 15) is 4.39 Å². The number of anilines is 2. The van der Waals surface area contributed by atoms with E-state index >= 15 is 0 Å². The lowest BCUT2D eigenvalue weighted by atomic mass is 9.95. The molecule has 0 radical (unpaired) electrons. The maximum Gasteiger partial charge on any atom is 0.165 e. The van der Waals surface area contributed by atoms with Gasteiger partial charge in [0.1, 0.15) is 23.8 Å². The van der Waals surface area contributed by atoms with E-state index in [0.717, 1.165) is 87.1 Å². The lowest BCUT2D eigenvalue weighted by Crippen LogP contribution is -2.35. The minimum atomic E-state index is -0.363. The number of imidazole rings is 1. The normalized spacial score (nSPS) is 16.3. The average molecular weight is 480 g/mol. The number of fused-ring (bicyclic) bond motifs is 1.